The summed E-state index contributed by atoms with van der Waals surface area (Å²) in [6.45, 7) is 8.43. The third-order valence-electron chi connectivity index (χ3n) is 5.97. The largest absolute Gasteiger partial charge is 0.378 e. The Bertz CT molecular complexity index is 1070. The Balaban J connectivity index is 1.53. The second-order valence-electron chi connectivity index (χ2n) is 8.22. The van der Waals surface area contributed by atoms with Crippen LogP contribution in [0.15, 0.2) is 30.3 Å². The average Bonchev–Trinajstić information content (AvgIpc) is 3.23. The SMILES string of the molecule is CN1CCN(Cc2cc3nc(-c4cccc(C=O)c4)nc(N4CCOCC4)c3s2)CC1. The highest BCUT2D eigenvalue weighted by atomic mass is 32.1. The van der Waals surface area contributed by atoms with Crippen molar-refractivity contribution < 1.29 is 9.53 Å². The Kier molecular flexibility index (Phi) is 5.95. The lowest BCUT2D eigenvalue weighted by Gasteiger charge is -2.31. The molecule has 3 aromatic rings. The number of rotatable bonds is 5. The summed E-state index contributed by atoms with van der Waals surface area (Å²) in [4.78, 5) is 29.7. The van der Waals surface area contributed by atoms with E-state index in [-0.39, 0.29) is 0 Å². The fraction of sp³-hybridized carbons (Fsp3) is 0.435. The molecule has 2 aliphatic heterocycles. The van der Waals surface area contributed by atoms with Gasteiger partial charge in [0.1, 0.15) is 6.29 Å². The Labute approximate surface area is 186 Å². The average molecular weight is 438 g/mol. The maximum absolute atomic E-state index is 11.3. The molecule has 8 heteroatoms. The molecule has 5 rings (SSSR count). The number of fused-ring (bicyclic) bond motifs is 1. The summed E-state index contributed by atoms with van der Waals surface area (Å²) in [7, 11) is 2.18. The molecule has 2 aromatic heterocycles. The van der Waals surface area contributed by atoms with Crippen molar-refractivity contribution in [2.24, 2.45) is 0 Å². The van der Waals surface area contributed by atoms with Crippen LogP contribution in [0.4, 0.5) is 5.82 Å². The summed E-state index contributed by atoms with van der Waals surface area (Å²) in [5.74, 6) is 1.65. The molecule has 1 aromatic carbocycles. The number of piperazine rings is 1. The highest BCUT2D eigenvalue weighted by molar-refractivity contribution is 7.19. The zero-order valence-electron chi connectivity index (χ0n) is 17.8. The van der Waals surface area contributed by atoms with Crippen LogP contribution >= 0.6 is 11.3 Å². The highest BCUT2D eigenvalue weighted by Gasteiger charge is 2.21. The smallest absolute Gasteiger partial charge is 0.162 e. The molecular formula is C23H27N5O2S. The van der Waals surface area contributed by atoms with E-state index in [2.05, 4.69) is 27.8 Å². The maximum Gasteiger partial charge on any atom is 0.162 e. The fourth-order valence-corrected chi connectivity index (χ4v) is 5.29. The normalized spacial score (nSPS) is 18.5. The van der Waals surface area contributed by atoms with E-state index in [1.54, 1.807) is 17.4 Å². The molecule has 2 fully saturated rings. The molecule has 0 amide bonds. The Morgan fingerprint density at radius 1 is 1.06 bits per heavy atom. The lowest BCUT2D eigenvalue weighted by Crippen LogP contribution is -2.43. The number of aldehydes is 1. The number of hydrogen-bond acceptors (Lipinski definition) is 8. The summed E-state index contributed by atoms with van der Waals surface area (Å²) >= 11 is 1.80. The van der Waals surface area contributed by atoms with Crippen molar-refractivity contribution >= 4 is 33.7 Å². The van der Waals surface area contributed by atoms with Crippen molar-refractivity contribution in [1.82, 2.24) is 19.8 Å². The first-order chi connectivity index (χ1) is 15.2. The molecule has 0 unspecified atom stereocenters. The maximum atomic E-state index is 11.3. The fourth-order valence-electron chi connectivity index (χ4n) is 4.14. The number of nitrogens with zero attached hydrogens (tertiary/aromatic N) is 5. The highest BCUT2D eigenvalue weighted by Crippen LogP contribution is 2.35. The molecule has 0 radical (unpaired) electrons. The second kappa shape index (κ2) is 9.00. The molecule has 0 saturated carbocycles. The van der Waals surface area contributed by atoms with Gasteiger partial charge in [0, 0.05) is 61.8 Å². The summed E-state index contributed by atoms with van der Waals surface area (Å²) < 4.78 is 6.70. The number of thiophene rings is 1. The van der Waals surface area contributed by atoms with Gasteiger partial charge in [-0.05, 0) is 19.2 Å². The van der Waals surface area contributed by atoms with E-state index in [4.69, 9.17) is 14.7 Å². The van der Waals surface area contributed by atoms with Crippen molar-refractivity contribution in [3.63, 3.8) is 0 Å². The number of carbonyl (C=O) groups excluding carboxylic acids is 1. The van der Waals surface area contributed by atoms with Gasteiger partial charge >= 0.3 is 0 Å². The first kappa shape index (κ1) is 20.5. The zero-order valence-corrected chi connectivity index (χ0v) is 18.6. The molecule has 162 valence electrons. The predicted octanol–water partition coefficient (Wildman–Crippen LogP) is 2.75. The van der Waals surface area contributed by atoms with Crippen LogP contribution in [-0.2, 0) is 11.3 Å². The molecule has 2 aliphatic rings. The van der Waals surface area contributed by atoms with Crippen LogP contribution in [0.2, 0.25) is 0 Å². The number of carbonyl (C=O) groups is 1. The number of hydrogen-bond donors (Lipinski definition) is 0. The lowest BCUT2D eigenvalue weighted by molar-refractivity contribution is 0.112. The number of anilines is 1. The van der Waals surface area contributed by atoms with Crippen LogP contribution in [0.1, 0.15) is 15.2 Å². The summed E-state index contributed by atoms with van der Waals surface area (Å²) in [5, 5.41) is 0. The van der Waals surface area contributed by atoms with Gasteiger partial charge < -0.3 is 14.5 Å². The molecule has 0 N–H and O–H groups in total. The van der Waals surface area contributed by atoms with Crippen molar-refractivity contribution in [2.45, 2.75) is 6.54 Å². The summed E-state index contributed by atoms with van der Waals surface area (Å²) in [6.07, 6.45) is 0.865. The molecule has 2 saturated heterocycles. The van der Waals surface area contributed by atoms with Gasteiger partial charge in [-0.1, -0.05) is 18.2 Å². The quantitative estimate of drug-likeness (QED) is 0.569. The Morgan fingerprint density at radius 3 is 2.65 bits per heavy atom. The molecule has 0 spiro atoms. The zero-order chi connectivity index (χ0) is 21.2. The number of benzene rings is 1. The molecule has 0 atom stereocenters. The van der Waals surface area contributed by atoms with Gasteiger partial charge in [-0.3, -0.25) is 9.69 Å². The third kappa shape index (κ3) is 4.48. The minimum Gasteiger partial charge on any atom is -0.378 e. The standard InChI is InChI=1S/C23H27N5O2S/c1-26-5-7-27(8-6-26)15-19-14-20-21(31-19)23(28-9-11-30-12-10-28)25-22(24-20)18-4-2-3-17(13-18)16-29/h2-4,13-14,16H,5-12,15H2,1H3. The second-order valence-corrected chi connectivity index (χ2v) is 9.36. The Hall–Kier alpha value is -2.39. The minimum atomic E-state index is 0.634. The van der Waals surface area contributed by atoms with Gasteiger partial charge in [0.05, 0.1) is 23.4 Å². The van der Waals surface area contributed by atoms with Gasteiger partial charge in [0.15, 0.2) is 11.6 Å². The van der Waals surface area contributed by atoms with Crippen LogP contribution in [0.5, 0.6) is 0 Å². The van der Waals surface area contributed by atoms with Crippen molar-refractivity contribution in [3.8, 4) is 11.4 Å². The van der Waals surface area contributed by atoms with Gasteiger partial charge in [0.25, 0.3) is 0 Å². The van der Waals surface area contributed by atoms with Crippen molar-refractivity contribution in [3.05, 3.63) is 40.8 Å². The van der Waals surface area contributed by atoms with E-state index in [0.29, 0.717) is 24.6 Å². The predicted molar refractivity (Wildman–Crippen MR) is 124 cm³/mol. The van der Waals surface area contributed by atoms with E-state index in [9.17, 15) is 4.79 Å². The molecule has 0 bridgehead atoms. The summed E-state index contributed by atoms with van der Waals surface area (Å²) in [6, 6.07) is 9.73. The first-order valence-corrected chi connectivity index (χ1v) is 11.6. The topological polar surface area (TPSA) is 61.8 Å². The molecular weight excluding hydrogens is 410 g/mol. The van der Waals surface area contributed by atoms with E-state index >= 15 is 0 Å². The molecule has 0 aliphatic carbocycles. The van der Waals surface area contributed by atoms with Crippen LogP contribution in [-0.4, -0.2) is 85.6 Å². The minimum absolute atomic E-state index is 0.634. The van der Waals surface area contributed by atoms with Crippen molar-refractivity contribution in [1.29, 1.82) is 0 Å². The van der Waals surface area contributed by atoms with Crippen molar-refractivity contribution in [2.75, 3.05) is 64.4 Å². The van der Waals surface area contributed by atoms with Crippen LogP contribution in [0, 0.1) is 0 Å². The lowest BCUT2D eigenvalue weighted by atomic mass is 10.1. The third-order valence-corrected chi connectivity index (χ3v) is 7.08. The van der Waals surface area contributed by atoms with E-state index in [1.807, 2.05) is 18.2 Å². The van der Waals surface area contributed by atoms with Crippen LogP contribution < -0.4 is 4.90 Å². The van der Waals surface area contributed by atoms with Gasteiger partial charge in [0.2, 0.25) is 0 Å². The van der Waals surface area contributed by atoms with Gasteiger partial charge in [-0.2, -0.15) is 0 Å². The summed E-state index contributed by atoms with van der Waals surface area (Å²) in [5.41, 5.74) is 2.49. The number of aromatic nitrogens is 2. The monoisotopic (exact) mass is 437 g/mol. The molecule has 31 heavy (non-hydrogen) atoms. The molecule has 4 heterocycles. The Morgan fingerprint density at radius 2 is 1.87 bits per heavy atom. The van der Waals surface area contributed by atoms with E-state index in [1.165, 1.54) is 4.88 Å². The van der Waals surface area contributed by atoms with E-state index in [0.717, 1.165) is 73.7 Å². The van der Waals surface area contributed by atoms with Crippen LogP contribution in [0.3, 0.4) is 0 Å². The number of ether oxygens (including phenoxy) is 1. The number of morpholine rings is 1. The van der Waals surface area contributed by atoms with Crippen LogP contribution in [0.25, 0.3) is 21.6 Å². The first-order valence-electron chi connectivity index (χ1n) is 10.8. The molecule has 7 nitrogen and oxygen atoms in total. The number of likely N-dealkylation sites (N-methyl/N-ethyl adjacent to an activating group) is 1. The van der Waals surface area contributed by atoms with Gasteiger partial charge in [-0.25, -0.2) is 9.97 Å². The van der Waals surface area contributed by atoms with E-state index < -0.39 is 0 Å². The van der Waals surface area contributed by atoms with Gasteiger partial charge in [-0.15, -0.1) is 11.3 Å².